The van der Waals surface area contributed by atoms with Gasteiger partial charge in [0.25, 0.3) is 0 Å². The average molecular weight is 530 g/mol. The summed E-state index contributed by atoms with van der Waals surface area (Å²) in [4.78, 5) is 52.7. The van der Waals surface area contributed by atoms with Gasteiger partial charge in [-0.15, -0.1) is 0 Å². The van der Waals surface area contributed by atoms with E-state index in [4.69, 9.17) is 4.74 Å². The van der Waals surface area contributed by atoms with Gasteiger partial charge in [-0.1, -0.05) is 44.5 Å². The fraction of sp³-hybridized carbons (Fsp3) is 0.655. The van der Waals surface area contributed by atoms with Crippen molar-refractivity contribution in [3.05, 3.63) is 35.4 Å². The van der Waals surface area contributed by atoms with Gasteiger partial charge in [-0.3, -0.25) is 19.3 Å². The van der Waals surface area contributed by atoms with Gasteiger partial charge < -0.3 is 20.5 Å². The van der Waals surface area contributed by atoms with Crippen molar-refractivity contribution in [2.24, 2.45) is 17.8 Å². The zero-order chi connectivity index (χ0) is 28.0. The Balaban J connectivity index is 1.70. The Morgan fingerprint density at radius 2 is 1.71 bits per heavy atom. The first kappa shape index (κ1) is 29.5. The molecule has 3 N–H and O–H groups in total. The van der Waals surface area contributed by atoms with Crippen molar-refractivity contribution in [3.8, 4) is 0 Å². The van der Waals surface area contributed by atoms with Gasteiger partial charge in [0, 0.05) is 13.0 Å². The lowest BCUT2D eigenvalue weighted by molar-refractivity contribution is -0.143. The van der Waals surface area contributed by atoms with E-state index in [1.807, 2.05) is 38.1 Å². The number of hydrogen-bond acceptors (Lipinski definition) is 5. The third-order valence-electron chi connectivity index (χ3n) is 7.73. The molecule has 3 rings (SSSR count). The Hall–Kier alpha value is -3.10. The van der Waals surface area contributed by atoms with Crippen LogP contribution in [0.5, 0.6) is 0 Å². The standard InChI is InChI=1S/C29H43N3O6/c1-6-18(2)24(26(34)30-16-19-11-13-20(14-12-19)27(35)36)31-25(33)23-15-21-9-7-8-10-22(21)17-32(23)28(37)38-29(3,4)5/h7-10,18-20,23-24H,6,11-17H2,1-5H3,(H,30,34)(H,31,33)(H,35,36). The molecule has 1 aliphatic heterocycles. The first-order valence-electron chi connectivity index (χ1n) is 13.8. The van der Waals surface area contributed by atoms with E-state index >= 15 is 0 Å². The molecule has 9 heteroatoms. The topological polar surface area (TPSA) is 125 Å². The molecule has 1 aromatic carbocycles. The summed E-state index contributed by atoms with van der Waals surface area (Å²) in [6.45, 7) is 9.95. The number of nitrogens with one attached hydrogen (secondary N) is 2. The van der Waals surface area contributed by atoms with Crippen LogP contribution in [0.2, 0.25) is 0 Å². The largest absolute Gasteiger partial charge is 0.481 e. The molecule has 3 atom stereocenters. The number of carbonyl (C=O) groups excluding carboxylic acids is 3. The lowest BCUT2D eigenvalue weighted by Gasteiger charge is -2.37. The molecule has 1 aliphatic carbocycles. The van der Waals surface area contributed by atoms with E-state index in [0.717, 1.165) is 24.0 Å². The van der Waals surface area contributed by atoms with E-state index in [1.54, 1.807) is 20.8 Å². The molecule has 3 amide bonds. The number of benzene rings is 1. The SMILES string of the molecule is CCC(C)C(NC(=O)C1Cc2ccccc2CN1C(=O)OC(C)(C)C)C(=O)NCC1CCC(C(=O)O)CC1. The molecule has 0 aromatic heterocycles. The van der Waals surface area contributed by atoms with Crippen molar-refractivity contribution >= 4 is 23.9 Å². The number of ether oxygens (including phenoxy) is 1. The summed E-state index contributed by atoms with van der Waals surface area (Å²) in [6, 6.07) is 6.17. The van der Waals surface area contributed by atoms with Crippen molar-refractivity contribution in [2.45, 2.75) is 97.4 Å². The molecule has 0 bridgehead atoms. The van der Waals surface area contributed by atoms with Gasteiger partial charge in [0.15, 0.2) is 0 Å². The summed E-state index contributed by atoms with van der Waals surface area (Å²) in [6.07, 6.45) is 3.20. The third kappa shape index (κ3) is 7.71. The highest BCUT2D eigenvalue weighted by Crippen LogP contribution is 2.29. The van der Waals surface area contributed by atoms with Crippen LogP contribution >= 0.6 is 0 Å². The predicted octanol–water partition coefficient (Wildman–Crippen LogP) is 3.89. The van der Waals surface area contributed by atoms with Crippen LogP contribution in [0.1, 0.15) is 77.8 Å². The zero-order valence-corrected chi connectivity index (χ0v) is 23.3. The Kier molecular flexibility index (Phi) is 9.79. The molecule has 1 aromatic rings. The number of carboxylic acids is 1. The number of carboxylic acid groups (broad SMARTS) is 1. The smallest absolute Gasteiger partial charge is 0.411 e. The highest BCUT2D eigenvalue weighted by Gasteiger charge is 2.39. The number of rotatable bonds is 8. The fourth-order valence-electron chi connectivity index (χ4n) is 5.19. The van der Waals surface area contributed by atoms with Crippen LogP contribution in [0.15, 0.2) is 24.3 Å². The van der Waals surface area contributed by atoms with E-state index in [9.17, 15) is 24.3 Å². The maximum atomic E-state index is 13.6. The van der Waals surface area contributed by atoms with Crippen molar-refractivity contribution in [3.63, 3.8) is 0 Å². The molecule has 0 spiro atoms. The predicted molar refractivity (Wildman–Crippen MR) is 143 cm³/mol. The highest BCUT2D eigenvalue weighted by molar-refractivity contribution is 5.92. The molecule has 0 saturated heterocycles. The highest BCUT2D eigenvalue weighted by atomic mass is 16.6. The summed E-state index contributed by atoms with van der Waals surface area (Å²) in [5.74, 6) is -1.59. The molecule has 1 fully saturated rings. The van der Waals surface area contributed by atoms with Crippen LogP contribution < -0.4 is 10.6 Å². The number of amides is 3. The second-order valence-electron chi connectivity index (χ2n) is 11.8. The number of hydrogen-bond donors (Lipinski definition) is 3. The van der Waals surface area contributed by atoms with Crippen molar-refractivity contribution < 1.29 is 29.0 Å². The average Bonchev–Trinajstić information content (AvgIpc) is 2.88. The van der Waals surface area contributed by atoms with Gasteiger partial charge in [0.1, 0.15) is 17.7 Å². The normalized spacial score (nSPS) is 23.0. The van der Waals surface area contributed by atoms with E-state index < -0.39 is 29.7 Å². The van der Waals surface area contributed by atoms with Crippen LogP contribution in [-0.4, -0.2) is 58.1 Å². The van der Waals surface area contributed by atoms with Crippen LogP contribution in [0.3, 0.4) is 0 Å². The first-order chi connectivity index (χ1) is 17.9. The minimum atomic E-state index is -0.801. The maximum Gasteiger partial charge on any atom is 0.411 e. The zero-order valence-electron chi connectivity index (χ0n) is 23.3. The Morgan fingerprint density at radius 1 is 1.08 bits per heavy atom. The lowest BCUT2D eigenvalue weighted by Crippen LogP contribution is -2.58. The summed E-state index contributed by atoms with van der Waals surface area (Å²) >= 11 is 0. The Morgan fingerprint density at radius 3 is 2.29 bits per heavy atom. The Labute approximate surface area is 225 Å². The fourth-order valence-corrected chi connectivity index (χ4v) is 5.19. The second-order valence-corrected chi connectivity index (χ2v) is 11.8. The molecule has 1 heterocycles. The summed E-state index contributed by atoms with van der Waals surface area (Å²) in [5.41, 5.74) is 1.25. The van der Waals surface area contributed by atoms with Crippen LogP contribution in [0.25, 0.3) is 0 Å². The molecule has 3 unspecified atom stereocenters. The second kappa shape index (κ2) is 12.6. The van der Waals surface area contributed by atoms with Crippen molar-refractivity contribution in [1.82, 2.24) is 15.5 Å². The number of aliphatic carboxylic acids is 1. The van der Waals surface area contributed by atoms with Crippen LogP contribution in [0.4, 0.5) is 4.79 Å². The Bertz CT molecular complexity index is 1010. The number of fused-ring (bicyclic) bond motifs is 1. The molecule has 2 aliphatic rings. The van der Waals surface area contributed by atoms with E-state index in [-0.39, 0.29) is 36.1 Å². The molecule has 1 saturated carbocycles. The number of carbonyl (C=O) groups is 4. The first-order valence-corrected chi connectivity index (χ1v) is 13.8. The third-order valence-corrected chi connectivity index (χ3v) is 7.73. The summed E-state index contributed by atoms with van der Waals surface area (Å²) < 4.78 is 5.61. The molecular weight excluding hydrogens is 486 g/mol. The monoisotopic (exact) mass is 529 g/mol. The van der Waals surface area contributed by atoms with Gasteiger partial charge in [-0.05, 0) is 69.4 Å². The molecule has 38 heavy (non-hydrogen) atoms. The maximum absolute atomic E-state index is 13.6. The molecule has 9 nitrogen and oxygen atoms in total. The molecular formula is C29H43N3O6. The quantitative estimate of drug-likeness (QED) is 0.469. The van der Waals surface area contributed by atoms with E-state index in [1.165, 1.54) is 4.90 Å². The van der Waals surface area contributed by atoms with Gasteiger partial charge in [0.2, 0.25) is 11.8 Å². The van der Waals surface area contributed by atoms with Gasteiger partial charge in [0.05, 0.1) is 12.5 Å². The van der Waals surface area contributed by atoms with Gasteiger partial charge in [-0.25, -0.2) is 4.79 Å². The van der Waals surface area contributed by atoms with Gasteiger partial charge in [-0.2, -0.15) is 0 Å². The van der Waals surface area contributed by atoms with E-state index in [2.05, 4.69) is 10.6 Å². The van der Waals surface area contributed by atoms with E-state index in [0.29, 0.717) is 32.2 Å². The van der Waals surface area contributed by atoms with Crippen LogP contribution in [-0.2, 0) is 32.1 Å². The molecule has 0 radical (unpaired) electrons. The van der Waals surface area contributed by atoms with Gasteiger partial charge >= 0.3 is 12.1 Å². The summed E-state index contributed by atoms with van der Waals surface area (Å²) in [7, 11) is 0. The van der Waals surface area contributed by atoms with Crippen molar-refractivity contribution in [2.75, 3.05) is 6.54 Å². The lowest BCUT2D eigenvalue weighted by atomic mass is 9.82. The van der Waals surface area contributed by atoms with Crippen molar-refractivity contribution in [1.29, 1.82) is 0 Å². The van der Waals surface area contributed by atoms with Crippen LogP contribution in [0, 0.1) is 17.8 Å². The summed E-state index contributed by atoms with van der Waals surface area (Å²) in [5, 5.41) is 15.2. The number of nitrogens with zero attached hydrogens (tertiary/aromatic N) is 1. The molecule has 210 valence electrons. The minimum absolute atomic E-state index is 0.118. The minimum Gasteiger partial charge on any atom is -0.481 e.